The van der Waals surface area contributed by atoms with Crippen molar-refractivity contribution < 1.29 is 0 Å². The molecule has 0 atom stereocenters. The van der Waals surface area contributed by atoms with E-state index in [0.29, 0.717) is 0 Å². The standard InChI is InChI=1S/C7H6IN3/c8-3-6-5-1-2-9-7(5)11-4-10-6/h1-2,4H,3H2,(H,9,10,11). The smallest absolute Gasteiger partial charge is 0.140 e. The first-order valence-electron chi connectivity index (χ1n) is 3.25. The summed E-state index contributed by atoms with van der Waals surface area (Å²) in [6, 6.07) is 2.00. The van der Waals surface area contributed by atoms with Crippen LogP contribution in [-0.2, 0) is 4.43 Å². The molecular formula is C7H6IN3. The highest BCUT2D eigenvalue weighted by Crippen LogP contribution is 2.14. The number of nitrogens with one attached hydrogen (secondary N) is 1. The molecule has 2 aromatic heterocycles. The number of aromatic nitrogens is 3. The van der Waals surface area contributed by atoms with E-state index in [1.54, 1.807) is 6.33 Å². The van der Waals surface area contributed by atoms with E-state index in [1.165, 1.54) is 0 Å². The molecule has 0 saturated heterocycles. The van der Waals surface area contributed by atoms with Crippen LogP contribution in [-0.4, -0.2) is 15.0 Å². The lowest BCUT2D eigenvalue weighted by Gasteiger charge is -1.93. The molecule has 0 aliphatic heterocycles. The molecule has 0 bridgehead atoms. The highest BCUT2D eigenvalue weighted by Gasteiger charge is 2.00. The molecular weight excluding hydrogens is 253 g/mol. The Morgan fingerprint density at radius 3 is 3.18 bits per heavy atom. The van der Waals surface area contributed by atoms with Crippen molar-refractivity contribution in [3.8, 4) is 0 Å². The van der Waals surface area contributed by atoms with Crippen molar-refractivity contribution >= 4 is 33.6 Å². The van der Waals surface area contributed by atoms with Gasteiger partial charge >= 0.3 is 0 Å². The van der Waals surface area contributed by atoms with Gasteiger partial charge in [0.05, 0.1) is 5.69 Å². The van der Waals surface area contributed by atoms with Crippen LogP contribution in [0.5, 0.6) is 0 Å². The number of hydrogen-bond acceptors (Lipinski definition) is 2. The minimum absolute atomic E-state index is 0.923. The van der Waals surface area contributed by atoms with E-state index in [9.17, 15) is 0 Å². The van der Waals surface area contributed by atoms with Gasteiger partial charge in [-0.25, -0.2) is 9.97 Å². The lowest BCUT2D eigenvalue weighted by molar-refractivity contribution is 1.14. The van der Waals surface area contributed by atoms with Crippen LogP contribution in [0.4, 0.5) is 0 Å². The van der Waals surface area contributed by atoms with Crippen LogP contribution in [0.2, 0.25) is 0 Å². The van der Waals surface area contributed by atoms with E-state index in [4.69, 9.17) is 0 Å². The summed E-state index contributed by atoms with van der Waals surface area (Å²) in [5.41, 5.74) is 2.02. The lowest BCUT2D eigenvalue weighted by Crippen LogP contribution is -1.87. The fourth-order valence-corrected chi connectivity index (χ4v) is 1.64. The Kier molecular flexibility index (Phi) is 1.77. The average molecular weight is 259 g/mol. The molecule has 2 rings (SSSR count). The molecule has 0 radical (unpaired) electrons. The van der Waals surface area contributed by atoms with E-state index in [-0.39, 0.29) is 0 Å². The zero-order valence-corrected chi connectivity index (χ0v) is 7.87. The molecule has 3 nitrogen and oxygen atoms in total. The van der Waals surface area contributed by atoms with Crippen LogP contribution < -0.4 is 0 Å². The number of hydrogen-bond donors (Lipinski definition) is 1. The first-order valence-corrected chi connectivity index (χ1v) is 4.77. The maximum atomic E-state index is 4.16. The van der Waals surface area contributed by atoms with E-state index < -0.39 is 0 Å². The van der Waals surface area contributed by atoms with Crippen LogP contribution >= 0.6 is 22.6 Å². The maximum absolute atomic E-state index is 4.16. The molecule has 2 aromatic rings. The fraction of sp³-hybridized carbons (Fsp3) is 0.143. The van der Waals surface area contributed by atoms with Gasteiger partial charge < -0.3 is 4.98 Å². The van der Waals surface area contributed by atoms with E-state index >= 15 is 0 Å². The van der Waals surface area contributed by atoms with Crippen molar-refractivity contribution in [2.24, 2.45) is 0 Å². The SMILES string of the molecule is ICc1ncnc2[nH]ccc12. The second-order valence-corrected chi connectivity index (χ2v) is 2.96. The third-order valence-electron chi connectivity index (χ3n) is 1.56. The quantitative estimate of drug-likeness (QED) is 0.627. The Morgan fingerprint density at radius 2 is 2.36 bits per heavy atom. The van der Waals surface area contributed by atoms with Crippen LogP contribution in [0.25, 0.3) is 11.0 Å². The van der Waals surface area contributed by atoms with Crippen molar-refractivity contribution in [1.29, 1.82) is 0 Å². The van der Waals surface area contributed by atoms with Gasteiger partial charge in [-0.3, -0.25) is 0 Å². The first-order chi connectivity index (χ1) is 5.42. The molecule has 2 heterocycles. The van der Waals surface area contributed by atoms with Gasteiger partial charge in [-0.1, -0.05) is 22.6 Å². The minimum Gasteiger partial charge on any atom is -0.346 e. The van der Waals surface area contributed by atoms with Crippen molar-refractivity contribution in [3.63, 3.8) is 0 Å². The van der Waals surface area contributed by atoms with Crippen LogP contribution in [0.15, 0.2) is 18.6 Å². The summed E-state index contributed by atoms with van der Waals surface area (Å²) in [7, 11) is 0. The largest absolute Gasteiger partial charge is 0.346 e. The highest BCUT2D eigenvalue weighted by molar-refractivity contribution is 14.1. The van der Waals surface area contributed by atoms with Crippen molar-refractivity contribution in [2.75, 3.05) is 0 Å². The lowest BCUT2D eigenvalue weighted by atomic mass is 10.3. The van der Waals surface area contributed by atoms with Gasteiger partial charge in [0, 0.05) is 16.0 Å². The number of halogens is 1. The Hall–Kier alpha value is -0.650. The highest BCUT2D eigenvalue weighted by atomic mass is 127. The van der Waals surface area contributed by atoms with Crippen LogP contribution in [0.3, 0.4) is 0 Å². The normalized spacial score (nSPS) is 10.6. The Bertz CT molecular complexity index is 368. The Morgan fingerprint density at radius 1 is 1.45 bits per heavy atom. The molecule has 0 fully saturated rings. The molecule has 0 unspecified atom stereocenters. The monoisotopic (exact) mass is 259 g/mol. The van der Waals surface area contributed by atoms with E-state index in [2.05, 4.69) is 37.5 Å². The Balaban J connectivity index is 2.79. The van der Waals surface area contributed by atoms with Gasteiger partial charge in [0.1, 0.15) is 12.0 Å². The van der Waals surface area contributed by atoms with Gasteiger partial charge in [-0.15, -0.1) is 0 Å². The molecule has 0 aromatic carbocycles. The third kappa shape index (κ3) is 1.11. The van der Waals surface area contributed by atoms with Crippen LogP contribution in [0, 0.1) is 0 Å². The number of rotatable bonds is 1. The van der Waals surface area contributed by atoms with Gasteiger partial charge in [0.15, 0.2) is 0 Å². The van der Waals surface area contributed by atoms with E-state index in [1.807, 2.05) is 12.3 Å². The van der Waals surface area contributed by atoms with Gasteiger partial charge in [-0.2, -0.15) is 0 Å². The zero-order chi connectivity index (χ0) is 7.68. The summed E-state index contributed by atoms with van der Waals surface area (Å²) in [6.45, 7) is 0. The topological polar surface area (TPSA) is 41.6 Å². The number of fused-ring (bicyclic) bond motifs is 1. The predicted octanol–water partition coefficient (Wildman–Crippen LogP) is 1.89. The third-order valence-corrected chi connectivity index (χ3v) is 2.29. The second kappa shape index (κ2) is 2.77. The summed E-state index contributed by atoms with van der Waals surface area (Å²) in [4.78, 5) is 11.3. The molecule has 0 aliphatic rings. The molecule has 56 valence electrons. The fourth-order valence-electron chi connectivity index (χ4n) is 1.03. The van der Waals surface area contributed by atoms with Crippen LogP contribution in [0.1, 0.15) is 5.69 Å². The summed E-state index contributed by atoms with van der Waals surface area (Å²) >= 11 is 2.29. The zero-order valence-electron chi connectivity index (χ0n) is 5.71. The molecule has 1 N–H and O–H groups in total. The van der Waals surface area contributed by atoms with E-state index in [0.717, 1.165) is 21.2 Å². The number of aromatic amines is 1. The summed E-state index contributed by atoms with van der Waals surface area (Å²) in [6.07, 6.45) is 3.47. The van der Waals surface area contributed by atoms with Crippen molar-refractivity contribution in [1.82, 2.24) is 15.0 Å². The van der Waals surface area contributed by atoms with Crippen molar-refractivity contribution in [3.05, 3.63) is 24.3 Å². The predicted molar refractivity (Wildman–Crippen MR) is 51.6 cm³/mol. The molecule has 0 saturated carbocycles. The molecule has 4 heteroatoms. The van der Waals surface area contributed by atoms with Crippen molar-refractivity contribution in [2.45, 2.75) is 4.43 Å². The Labute approximate surface area is 77.4 Å². The summed E-state index contributed by atoms with van der Waals surface area (Å²) in [5.74, 6) is 0. The molecule has 0 aliphatic carbocycles. The summed E-state index contributed by atoms with van der Waals surface area (Å²) < 4.78 is 0.925. The minimum atomic E-state index is 0.923. The summed E-state index contributed by atoms with van der Waals surface area (Å²) in [5, 5.41) is 1.13. The molecule has 11 heavy (non-hydrogen) atoms. The second-order valence-electron chi connectivity index (χ2n) is 2.19. The molecule has 0 spiro atoms. The van der Waals surface area contributed by atoms with Gasteiger partial charge in [0.2, 0.25) is 0 Å². The first kappa shape index (κ1) is 7.02. The molecule has 0 amide bonds. The number of H-pyrrole nitrogens is 1. The average Bonchev–Trinajstić information content (AvgIpc) is 2.50. The maximum Gasteiger partial charge on any atom is 0.140 e. The van der Waals surface area contributed by atoms with Gasteiger partial charge in [0.25, 0.3) is 0 Å². The number of nitrogens with zero attached hydrogens (tertiary/aromatic N) is 2. The van der Waals surface area contributed by atoms with Gasteiger partial charge in [-0.05, 0) is 6.07 Å². The number of alkyl halides is 1.